The normalized spacial score (nSPS) is 22.2. The lowest BCUT2D eigenvalue weighted by molar-refractivity contribution is -0.144. The molecule has 6 rings (SSSR count). The van der Waals surface area contributed by atoms with Gasteiger partial charge in [-0.1, -0.05) is 119 Å². The molecule has 3 aromatic rings. The molecule has 0 amide bonds. The standard InChI is InChI=1S/C55H80N4O5/c1-13-39-35(8)42-28-44-37(10)41(24-25-48(60)64-27-26-34(7)23-17-22-33(6)21-16-20-32(5)19-15-18-31(3)4)52(58-44)50-51(55(62)63-12)54(61)49-38(11)45(59-53(49)50)30-47-40(14-2)36(9)43(57-47)29-46(39)56-42/h13,28-34,37,41,51-52,56-59,61H,1,14-27H2,2-12H3/b43-29-,44-28-,47-30-/t32-,33-,34+,37+,41+,51-,52?/m1/s1. The number of rotatable bonds is 21. The lowest BCUT2D eigenvalue weighted by atomic mass is 9.80. The van der Waals surface area contributed by atoms with Crippen molar-refractivity contribution in [3.8, 4) is 0 Å². The van der Waals surface area contributed by atoms with Crippen LogP contribution in [0.5, 0.6) is 0 Å². The third-order valence-electron chi connectivity index (χ3n) is 15.1. The number of allylic oxidation sites excluding steroid dienone is 1. The molecule has 5 heterocycles. The van der Waals surface area contributed by atoms with Crippen molar-refractivity contribution in [3.63, 3.8) is 0 Å². The number of hydrogen-bond donors (Lipinski definition) is 5. The Hall–Kier alpha value is -4.66. The maximum atomic E-state index is 13.7. The zero-order valence-electron chi connectivity index (χ0n) is 41.1. The number of carbonyl (C=O) groups excluding carboxylic acids is 2. The van der Waals surface area contributed by atoms with Gasteiger partial charge in [0.2, 0.25) is 0 Å². The summed E-state index contributed by atoms with van der Waals surface area (Å²) in [5.41, 5.74) is 9.87. The first-order chi connectivity index (χ1) is 30.6. The summed E-state index contributed by atoms with van der Waals surface area (Å²) < 4.78 is 11.3. The first-order valence-corrected chi connectivity index (χ1v) is 24.7. The van der Waals surface area contributed by atoms with Crippen LogP contribution in [0.1, 0.15) is 170 Å². The van der Waals surface area contributed by atoms with Gasteiger partial charge in [0.05, 0.1) is 25.1 Å². The molecule has 0 radical (unpaired) electrons. The number of hydrogen-bond acceptors (Lipinski definition) is 6. The zero-order valence-corrected chi connectivity index (χ0v) is 41.1. The molecular weight excluding hydrogens is 797 g/mol. The minimum atomic E-state index is -0.986. The van der Waals surface area contributed by atoms with Crippen LogP contribution in [-0.2, 0) is 25.5 Å². The maximum Gasteiger partial charge on any atom is 0.320 e. The Morgan fingerprint density at radius 2 is 1.41 bits per heavy atom. The highest BCUT2D eigenvalue weighted by Gasteiger charge is 2.47. The Morgan fingerprint density at radius 1 is 0.797 bits per heavy atom. The van der Waals surface area contributed by atoms with Crippen LogP contribution < -0.4 is 26.6 Å². The molecule has 9 nitrogen and oxygen atoms in total. The summed E-state index contributed by atoms with van der Waals surface area (Å²) in [6, 6.07) is -0.383. The number of carbonyl (C=O) groups is 2. The van der Waals surface area contributed by atoms with Gasteiger partial charge in [0, 0.05) is 56.6 Å². The summed E-state index contributed by atoms with van der Waals surface area (Å²) in [6.45, 7) is 26.9. The smallest absolute Gasteiger partial charge is 0.320 e. The second kappa shape index (κ2) is 21.6. The number of aromatic amines is 3. The van der Waals surface area contributed by atoms with Crippen LogP contribution >= 0.6 is 0 Å². The van der Waals surface area contributed by atoms with E-state index in [9.17, 15) is 14.7 Å². The second-order valence-electron chi connectivity index (χ2n) is 20.3. The number of nitrogens with one attached hydrogen (secondary N) is 4. The minimum absolute atomic E-state index is 0.00888. The van der Waals surface area contributed by atoms with Gasteiger partial charge in [-0.2, -0.15) is 0 Å². The van der Waals surface area contributed by atoms with Crippen LogP contribution in [0.15, 0.2) is 12.3 Å². The van der Waals surface area contributed by atoms with E-state index in [1.807, 2.05) is 13.0 Å². The lowest BCUT2D eigenvalue weighted by Gasteiger charge is -2.26. The molecule has 1 saturated heterocycles. The monoisotopic (exact) mass is 877 g/mol. The largest absolute Gasteiger partial charge is 0.510 e. The Labute approximate surface area is 383 Å². The number of ether oxygens (including phenoxy) is 2. The fourth-order valence-electron chi connectivity index (χ4n) is 10.9. The third kappa shape index (κ3) is 10.7. The van der Waals surface area contributed by atoms with Crippen LogP contribution in [-0.4, -0.2) is 51.8 Å². The van der Waals surface area contributed by atoms with Crippen molar-refractivity contribution >= 4 is 47.6 Å². The number of fused-ring (bicyclic) bond motifs is 8. The highest BCUT2D eigenvalue weighted by atomic mass is 16.5. The number of aromatic nitrogens is 3. The van der Waals surface area contributed by atoms with Gasteiger partial charge in [0.25, 0.3) is 0 Å². The molecule has 0 spiro atoms. The second-order valence-corrected chi connectivity index (χ2v) is 20.3. The van der Waals surface area contributed by atoms with Crippen molar-refractivity contribution < 1.29 is 24.2 Å². The average molecular weight is 877 g/mol. The summed E-state index contributed by atoms with van der Waals surface area (Å²) in [4.78, 5) is 38.2. The van der Waals surface area contributed by atoms with Crippen LogP contribution in [0.4, 0.5) is 0 Å². The molecule has 0 aromatic carbocycles. The van der Waals surface area contributed by atoms with Crippen molar-refractivity contribution in [2.75, 3.05) is 13.7 Å². The fourth-order valence-corrected chi connectivity index (χ4v) is 10.9. The van der Waals surface area contributed by atoms with Crippen molar-refractivity contribution in [2.45, 2.75) is 159 Å². The maximum absolute atomic E-state index is 13.7. The van der Waals surface area contributed by atoms with Crippen molar-refractivity contribution in [2.24, 2.45) is 41.4 Å². The van der Waals surface area contributed by atoms with Gasteiger partial charge in [0.15, 0.2) is 0 Å². The van der Waals surface area contributed by atoms with Crippen molar-refractivity contribution in [1.29, 1.82) is 0 Å². The zero-order chi connectivity index (χ0) is 46.4. The summed E-state index contributed by atoms with van der Waals surface area (Å²) >= 11 is 0. The van der Waals surface area contributed by atoms with Crippen LogP contribution in [0.25, 0.3) is 35.6 Å². The van der Waals surface area contributed by atoms with E-state index in [-0.39, 0.29) is 36.0 Å². The minimum Gasteiger partial charge on any atom is -0.510 e. The molecule has 5 N–H and O–H groups in total. The highest BCUT2D eigenvalue weighted by Crippen LogP contribution is 2.42. The molecule has 2 aliphatic heterocycles. The molecule has 0 saturated carbocycles. The van der Waals surface area contributed by atoms with Gasteiger partial charge < -0.3 is 34.8 Å². The van der Waals surface area contributed by atoms with E-state index >= 15 is 0 Å². The quantitative estimate of drug-likeness (QED) is 0.0678. The van der Waals surface area contributed by atoms with Gasteiger partial charge in [0.1, 0.15) is 11.7 Å². The van der Waals surface area contributed by atoms with Gasteiger partial charge in [-0.15, -0.1) is 0 Å². The van der Waals surface area contributed by atoms with Crippen molar-refractivity contribution in [1.82, 2.24) is 20.3 Å². The number of aliphatic hydroxyl groups excluding tert-OH is 1. The number of H-pyrrole nitrogens is 3. The van der Waals surface area contributed by atoms with E-state index in [1.165, 1.54) is 69.6 Å². The SMILES string of the molecule is C=Cc1c2[nH]c(c1C)/C=C1\NC(C3=c4[nH]c(c(C)c4=C(O)[C@@H]3C(=O)OC)/C=c3\[nH]/c(c(C)c3CC)=C\2)[C@@H](CCC(=O)OCC[C@@H](C)CCC[C@H](C)CCC[C@H](C)CCCC(C)C)[C@@H]1C. The van der Waals surface area contributed by atoms with E-state index < -0.39 is 11.9 Å². The first-order valence-electron chi connectivity index (χ1n) is 24.7. The van der Waals surface area contributed by atoms with E-state index in [4.69, 9.17) is 9.47 Å². The van der Waals surface area contributed by atoms with Crippen molar-refractivity contribution in [3.05, 3.63) is 78.4 Å². The molecule has 1 unspecified atom stereocenters. The third-order valence-corrected chi connectivity index (χ3v) is 15.1. The highest BCUT2D eigenvalue weighted by molar-refractivity contribution is 5.95. The van der Waals surface area contributed by atoms with Crippen LogP contribution in [0.3, 0.4) is 0 Å². The molecule has 9 heteroatoms. The molecule has 8 bridgehead atoms. The molecule has 1 aliphatic carbocycles. The van der Waals surface area contributed by atoms with Gasteiger partial charge in [-0.05, 0) is 116 Å². The van der Waals surface area contributed by atoms with Crippen LogP contribution in [0.2, 0.25) is 0 Å². The summed E-state index contributed by atoms with van der Waals surface area (Å²) in [5.74, 6) is 1.06. The predicted octanol–water partition coefficient (Wildman–Crippen LogP) is 9.45. The lowest BCUT2D eigenvalue weighted by Crippen LogP contribution is -2.38. The van der Waals surface area contributed by atoms with E-state index in [2.05, 4.69) is 107 Å². The van der Waals surface area contributed by atoms with Gasteiger partial charge in [-0.3, -0.25) is 9.59 Å². The molecular formula is C55H80N4O5. The number of esters is 2. The average Bonchev–Trinajstić information content (AvgIpc) is 3.99. The molecule has 350 valence electrons. The predicted molar refractivity (Wildman–Crippen MR) is 263 cm³/mol. The Morgan fingerprint density at radius 3 is 2.02 bits per heavy atom. The first kappa shape index (κ1) is 48.8. The van der Waals surface area contributed by atoms with E-state index in [0.29, 0.717) is 24.2 Å². The van der Waals surface area contributed by atoms with Gasteiger partial charge in [-0.25, -0.2) is 0 Å². The Balaban J connectivity index is 1.19. The van der Waals surface area contributed by atoms with E-state index in [1.54, 1.807) is 0 Å². The van der Waals surface area contributed by atoms with E-state index in [0.717, 1.165) is 98.1 Å². The molecule has 64 heavy (non-hydrogen) atoms. The summed E-state index contributed by atoms with van der Waals surface area (Å²) in [6.07, 6.45) is 22.5. The Bertz CT molecular complexity index is 2440. The Kier molecular flexibility index (Phi) is 16.4. The van der Waals surface area contributed by atoms with Crippen LogP contribution in [0, 0.1) is 62.2 Å². The fraction of sp³-hybridized carbons (Fsp3) is 0.600. The molecule has 3 aromatic heterocycles. The summed E-state index contributed by atoms with van der Waals surface area (Å²) in [7, 11) is 1.37. The van der Waals surface area contributed by atoms with Gasteiger partial charge >= 0.3 is 11.9 Å². The topological polar surface area (TPSA) is 132 Å². The molecule has 7 atom stereocenters. The molecule has 1 fully saturated rings. The molecule has 3 aliphatic rings. The number of aliphatic hydroxyl groups is 1. The summed E-state index contributed by atoms with van der Waals surface area (Å²) in [5, 5.41) is 19.2. The number of methoxy groups -OCH3 is 1.